The highest BCUT2D eigenvalue weighted by Crippen LogP contribution is 2.34. The van der Waals surface area contributed by atoms with E-state index in [1.54, 1.807) is 6.92 Å². The maximum Gasteiger partial charge on any atom is 0.341 e. The van der Waals surface area contributed by atoms with Crippen LogP contribution in [0, 0.1) is 12.3 Å². The highest BCUT2D eigenvalue weighted by atomic mass is 16.6. The summed E-state index contributed by atoms with van der Waals surface area (Å²) in [4.78, 5) is 15.8. The third-order valence-corrected chi connectivity index (χ3v) is 2.00. The molecule has 0 aliphatic carbocycles. The maximum absolute atomic E-state index is 11.7. The summed E-state index contributed by atoms with van der Waals surface area (Å²) in [6, 6.07) is 0. The summed E-state index contributed by atoms with van der Waals surface area (Å²) >= 11 is 0. The topological polar surface area (TPSA) is 38.7 Å². The van der Waals surface area contributed by atoms with Crippen molar-refractivity contribution in [2.45, 2.75) is 45.3 Å². The van der Waals surface area contributed by atoms with Gasteiger partial charge in [-0.1, -0.05) is 0 Å². The molecule has 0 aromatic carbocycles. The molecule has 1 aliphatic heterocycles. The van der Waals surface area contributed by atoms with Gasteiger partial charge in [-0.2, -0.15) is 0 Å². The first-order chi connectivity index (χ1) is 6.32. The van der Waals surface area contributed by atoms with E-state index in [9.17, 15) is 4.79 Å². The molecular formula is C11H15NO2. The Labute approximate surface area is 84.6 Å². The van der Waals surface area contributed by atoms with Crippen molar-refractivity contribution in [3.05, 3.63) is 0 Å². The lowest BCUT2D eigenvalue weighted by Gasteiger charge is -2.22. The molecule has 0 amide bonds. The lowest BCUT2D eigenvalue weighted by Crippen LogP contribution is -2.37. The van der Waals surface area contributed by atoms with Crippen LogP contribution < -0.4 is 0 Å². The summed E-state index contributed by atoms with van der Waals surface area (Å²) < 4.78 is 5.24. The van der Waals surface area contributed by atoms with Gasteiger partial charge >= 0.3 is 5.97 Å². The maximum atomic E-state index is 11.7. The number of hydrogen-bond donors (Lipinski definition) is 0. The van der Waals surface area contributed by atoms with Crippen molar-refractivity contribution in [2.24, 2.45) is 4.99 Å². The first kappa shape index (κ1) is 10.8. The third-order valence-electron chi connectivity index (χ3n) is 2.00. The fraction of sp³-hybridized carbons (Fsp3) is 0.636. The zero-order chi connectivity index (χ0) is 11.0. The van der Waals surface area contributed by atoms with E-state index in [1.165, 1.54) is 0 Å². The number of esters is 1. The van der Waals surface area contributed by atoms with Gasteiger partial charge in [0.15, 0.2) is 0 Å². The van der Waals surface area contributed by atoms with Crippen LogP contribution in [-0.4, -0.2) is 22.8 Å². The molecule has 0 saturated heterocycles. The Morgan fingerprint density at radius 2 is 2.14 bits per heavy atom. The predicted octanol–water partition coefficient (Wildman–Crippen LogP) is 1.56. The van der Waals surface area contributed by atoms with Crippen molar-refractivity contribution in [3.8, 4) is 12.3 Å². The summed E-state index contributed by atoms with van der Waals surface area (Å²) in [5.74, 6) is 2.12. The fourth-order valence-electron chi connectivity index (χ4n) is 1.20. The van der Waals surface area contributed by atoms with Crippen LogP contribution >= 0.6 is 0 Å². The van der Waals surface area contributed by atoms with Gasteiger partial charge in [0.2, 0.25) is 5.54 Å². The Bertz CT molecular complexity index is 330. The van der Waals surface area contributed by atoms with Gasteiger partial charge in [0.25, 0.3) is 0 Å². The number of carbonyl (C=O) groups excluding carboxylic acids is 1. The van der Waals surface area contributed by atoms with Crippen LogP contribution in [0.5, 0.6) is 0 Å². The van der Waals surface area contributed by atoms with Crippen molar-refractivity contribution >= 4 is 11.7 Å². The monoisotopic (exact) mass is 193 g/mol. The molecule has 1 heterocycles. The molecule has 1 aliphatic rings. The van der Waals surface area contributed by atoms with Crippen molar-refractivity contribution in [2.75, 3.05) is 0 Å². The quantitative estimate of drug-likeness (QED) is 0.493. The van der Waals surface area contributed by atoms with Crippen LogP contribution in [0.1, 0.15) is 34.1 Å². The summed E-state index contributed by atoms with van der Waals surface area (Å²) in [6.07, 6.45) is 5.49. The Morgan fingerprint density at radius 3 is 2.43 bits per heavy atom. The Balaban J connectivity index is 2.66. The second-order valence-corrected chi connectivity index (χ2v) is 4.44. The van der Waals surface area contributed by atoms with Crippen LogP contribution in [0.25, 0.3) is 0 Å². The van der Waals surface area contributed by atoms with Crippen molar-refractivity contribution < 1.29 is 9.53 Å². The van der Waals surface area contributed by atoms with Crippen LogP contribution in [0.2, 0.25) is 0 Å². The lowest BCUT2D eigenvalue weighted by molar-refractivity contribution is -0.157. The molecular weight excluding hydrogens is 178 g/mol. The highest BCUT2D eigenvalue weighted by Gasteiger charge is 2.53. The Morgan fingerprint density at radius 1 is 1.64 bits per heavy atom. The highest BCUT2D eigenvalue weighted by molar-refractivity contribution is 6.20. The zero-order valence-corrected chi connectivity index (χ0v) is 9.05. The molecule has 1 rings (SSSR count). The number of carbonyl (C=O) groups is 1. The van der Waals surface area contributed by atoms with E-state index in [1.807, 2.05) is 20.8 Å². The van der Waals surface area contributed by atoms with Gasteiger partial charge in [-0.25, -0.2) is 4.79 Å². The second-order valence-electron chi connectivity index (χ2n) is 4.44. The standard InChI is InChI=1S/C11H15NO2/c1-6-7-11(8(2)12-11)9(13)14-10(3,4)5/h1H,7H2,2-5H3/t11-/m1/s1. The number of terminal acetylenes is 1. The van der Waals surface area contributed by atoms with E-state index in [4.69, 9.17) is 11.2 Å². The average molecular weight is 193 g/mol. The third kappa shape index (κ3) is 1.95. The van der Waals surface area contributed by atoms with Gasteiger partial charge in [0, 0.05) is 0 Å². The predicted molar refractivity (Wildman–Crippen MR) is 55.1 cm³/mol. The van der Waals surface area contributed by atoms with Crippen molar-refractivity contribution in [1.29, 1.82) is 0 Å². The first-order valence-corrected chi connectivity index (χ1v) is 4.56. The fourth-order valence-corrected chi connectivity index (χ4v) is 1.20. The van der Waals surface area contributed by atoms with Crippen LogP contribution in [0.15, 0.2) is 4.99 Å². The summed E-state index contributed by atoms with van der Waals surface area (Å²) in [5, 5.41) is 0. The van der Waals surface area contributed by atoms with Crippen LogP contribution in [0.4, 0.5) is 0 Å². The van der Waals surface area contributed by atoms with E-state index in [0.717, 1.165) is 5.71 Å². The number of aliphatic imine (C=N–C) groups is 1. The molecule has 0 N–H and O–H groups in total. The molecule has 76 valence electrons. The molecule has 0 saturated carbocycles. The molecule has 1 atom stereocenters. The molecule has 0 unspecified atom stereocenters. The smallest absolute Gasteiger partial charge is 0.341 e. The minimum atomic E-state index is -0.831. The molecule has 0 fully saturated rings. The van der Waals surface area contributed by atoms with Gasteiger partial charge in [-0.15, -0.1) is 12.3 Å². The van der Waals surface area contributed by atoms with E-state index in [2.05, 4.69) is 10.9 Å². The van der Waals surface area contributed by atoms with Gasteiger partial charge in [0.05, 0.1) is 12.1 Å². The van der Waals surface area contributed by atoms with E-state index in [0.29, 0.717) is 6.42 Å². The van der Waals surface area contributed by atoms with Crippen LogP contribution in [0.3, 0.4) is 0 Å². The van der Waals surface area contributed by atoms with Gasteiger partial charge in [-0.05, 0) is 27.7 Å². The second kappa shape index (κ2) is 3.13. The van der Waals surface area contributed by atoms with Gasteiger partial charge in [0.1, 0.15) is 5.60 Å². The van der Waals surface area contributed by atoms with Gasteiger partial charge in [-0.3, -0.25) is 4.99 Å². The lowest BCUT2D eigenvalue weighted by atomic mass is 10.0. The summed E-state index contributed by atoms with van der Waals surface area (Å²) in [6.45, 7) is 7.27. The summed E-state index contributed by atoms with van der Waals surface area (Å²) in [7, 11) is 0. The molecule has 0 aromatic rings. The normalized spacial score (nSPS) is 24.9. The molecule has 0 spiro atoms. The van der Waals surface area contributed by atoms with E-state index in [-0.39, 0.29) is 5.97 Å². The molecule has 0 radical (unpaired) electrons. The molecule has 0 bridgehead atoms. The van der Waals surface area contributed by atoms with E-state index >= 15 is 0 Å². The zero-order valence-electron chi connectivity index (χ0n) is 9.05. The number of hydrogen-bond acceptors (Lipinski definition) is 3. The Hall–Kier alpha value is -1.30. The Kier molecular flexibility index (Phi) is 2.41. The number of ether oxygens (including phenoxy) is 1. The van der Waals surface area contributed by atoms with Crippen molar-refractivity contribution in [3.63, 3.8) is 0 Å². The molecule has 14 heavy (non-hydrogen) atoms. The minimum Gasteiger partial charge on any atom is -0.458 e. The number of nitrogens with zero attached hydrogens (tertiary/aromatic N) is 1. The van der Waals surface area contributed by atoms with Crippen molar-refractivity contribution in [1.82, 2.24) is 0 Å². The largest absolute Gasteiger partial charge is 0.458 e. The van der Waals surface area contributed by atoms with Gasteiger partial charge < -0.3 is 4.74 Å². The molecule has 3 nitrogen and oxygen atoms in total. The average Bonchev–Trinajstić information content (AvgIpc) is 2.60. The minimum absolute atomic E-state index is 0.299. The molecule has 0 aromatic heterocycles. The van der Waals surface area contributed by atoms with E-state index < -0.39 is 11.1 Å². The SMILES string of the molecule is C#CC[C@@]1(C(=O)OC(C)(C)C)N=C1C. The molecule has 3 heteroatoms. The summed E-state index contributed by atoms with van der Waals surface area (Å²) in [5.41, 5.74) is -0.552. The number of rotatable bonds is 2. The van der Waals surface area contributed by atoms with Crippen LogP contribution in [-0.2, 0) is 9.53 Å². The first-order valence-electron chi connectivity index (χ1n) is 4.56.